The molecule has 4 rings (SSSR count). The van der Waals surface area contributed by atoms with E-state index in [0.29, 0.717) is 47.2 Å². The highest BCUT2D eigenvalue weighted by Crippen LogP contribution is 2.57. The van der Waals surface area contributed by atoms with Gasteiger partial charge in [0.05, 0.1) is 14.5 Å². The maximum Gasteiger partial charge on any atom is 0.255 e. The number of fused-ring (bicyclic) bond motifs is 1. The summed E-state index contributed by atoms with van der Waals surface area (Å²) in [7, 11) is 0. The summed E-state index contributed by atoms with van der Waals surface area (Å²) in [6.45, 7) is 2.01. The number of aromatic nitrogens is 1. The molecule has 172 valence electrons. The summed E-state index contributed by atoms with van der Waals surface area (Å²) in [6.07, 6.45) is 7.62. The van der Waals surface area contributed by atoms with Crippen LogP contribution in [0.4, 0.5) is 8.78 Å². The number of ether oxygens (including phenoxy) is 1. The van der Waals surface area contributed by atoms with Crippen molar-refractivity contribution in [3.63, 3.8) is 0 Å². The first-order valence-electron chi connectivity index (χ1n) is 10.8. The highest BCUT2D eigenvalue weighted by Gasteiger charge is 2.54. The van der Waals surface area contributed by atoms with Gasteiger partial charge in [-0.3, -0.25) is 4.79 Å². The first kappa shape index (κ1) is 23.7. The Morgan fingerprint density at radius 2 is 2.00 bits per heavy atom. The molecule has 0 radical (unpaired) electrons. The van der Waals surface area contributed by atoms with E-state index in [1.807, 2.05) is 6.92 Å². The standard InChI is InChI=1S/C24H26ClF2IN2O2/c1-2-20(29)23(24(28)12-14(26)11-15(27)13-24)8-5-16(6-9-23)32-19-4-3-18-17(21(19)25)7-10-30-22(18)31/h3-4,7,10-12,16,20H,2,5-6,8-9,13,29H2,1H3,(H,30,31). The average molecular weight is 575 g/mol. The van der Waals surface area contributed by atoms with Gasteiger partial charge in [-0.05, 0) is 56.4 Å². The van der Waals surface area contributed by atoms with E-state index in [-0.39, 0.29) is 24.1 Å². The van der Waals surface area contributed by atoms with Crippen LogP contribution in [0.2, 0.25) is 5.02 Å². The summed E-state index contributed by atoms with van der Waals surface area (Å²) >= 11 is 8.75. The van der Waals surface area contributed by atoms with Crippen LogP contribution in [0.1, 0.15) is 45.4 Å². The van der Waals surface area contributed by atoms with Gasteiger partial charge in [-0.15, -0.1) is 0 Å². The van der Waals surface area contributed by atoms with Gasteiger partial charge in [0.15, 0.2) is 0 Å². The van der Waals surface area contributed by atoms with Crippen LogP contribution < -0.4 is 16.0 Å². The Bertz CT molecular complexity index is 1140. The van der Waals surface area contributed by atoms with E-state index in [9.17, 15) is 13.6 Å². The fourth-order valence-corrected chi connectivity index (χ4v) is 7.14. The Labute approximate surface area is 204 Å². The average Bonchev–Trinajstić information content (AvgIpc) is 2.75. The molecule has 8 heteroatoms. The van der Waals surface area contributed by atoms with Crippen molar-refractivity contribution in [2.24, 2.45) is 11.1 Å². The lowest BCUT2D eigenvalue weighted by molar-refractivity contribution is 0.0435. The van der Waals surface area contributed by atoms with Crippen LogP contribution >= 0.6 is 34.2 Å². The number of aromatic amines is 1. The minimum absolute atomic E-state index is 0.0954. The molecule has 3 N–H and O–H groups in total. The maximum atomic E-state index is 14.3. The van der Waals surface area contributed by atoms with Crippen molar-refractivity contribution in [2.45, 2.75) is 61.0 Å². The number of alkyl halides is 1. The number of nitrogens with one attached hydrogen (secondary N) is 1. The van der Waals surface area contributed by atoms with E-state index < -0.39 is 20.5 Å². The van der Waals surface area contributed by atoms with Crippen LogP contribution in [-0.4, -0.2) is 20.6 Å². The summed E-state index contributed by atoms with van der Waals surface area (Å²) < 4.78 is 34.0. The SMILES string of the molecule is CCC(N)C1(C2(I)C=C(F)C=C(F)C2)CCC(Oc2ccc3c(=O)[nH]ccc3c2Cl)CC1. The Morgan fingerprint density at radius 3 is 2.66 bits per heavy atom. The van der Waals surface area contributed by atoms with Gasteiger partial charge < -0.3 is 15.5 Å². The topological polar surface area (TPSA) is 68.1 Å². The van der Waals surface area contributed by atoms with E-state index in [2.05, 4.69) is 27.6 Å². The minimum atomic E-state index is -0.726. The molecule has 2 atom stereocenters. The largest absolute Gasteiger partial charge is 0.489 e. The molecule has 0 bridgehead atoms. The molecule has 1 aromatic heterocycles. The predicted octanol–water partition coefficient (Wildman–Crippen LogP) is 6.51. The third kappa shape index (κ3) is 4.12. The van der Waals surface area contributed by atoms with Crippen LogP contribution in [0.5, 0.6) is 5.75 Å². The minimum Gasteiger partial charge on any atom is -0.489 e. The van der Waals surface area contributed by atoms with E-state index >= 15 is 0 Å². The number of halogens is 4. The second-order valence-corrected chi connectivity index (χ2v) is 11.1. The number of nitrogens with two attached hydrogens (primary N) is 1. The zero-order chi connectivity index (χ0) is 23.1. The highest BCUT2D eigenvalue weighted by atomic mass is 127. The number of H-pyrrole nitrogens is 1. The van der Waals surface area contributed by atoms with Gasteiger partial charge in [0, 0.05) is 40.9 Å². The summed E-state index contributed by atoms with van der Waals surface area (Å²) in [5, 5.41) is 1.56. The lowest BCUT2D eigenvalue weighted by Crippen LogP contribution is -2.56. The van der Waals surface area contributed by atoms with Crippen LogP contribution in [0.15, 0.2) is 53.0 Å². The van der Waals surface area contributed by atoms with Gasteiger partial charge in [0.1, 0.15) is 17.4 Å². The molecule has 1 heterocycles. The second kappa shape index (κ2) is 9.06. The first-order chi connectivity index (χ1) is 15.2. The molecule has 2 unspecified atom stereocenters. The third-order valence-corrected chi connectivity index (χ3v) is 9.19. The fraction of sp³-hybridized carbons (Fsp3) is 0.458. The highest BCUT2D eigenvalue weighted by molar-refractivity contribution is 14.1. The summed E-state index contributed by atoms with van der Waals surface area (Å²) in [4.78, 5) is 14.6. The van der Waals surface area contributed by atoms with E-state index in [0.717, 1.165) is 12.5 Å². The van der Waals surface area contributed by atoms with Gasteiger partial charge in [0.25, 0.3) is 5.56 Å². The van der Waals surface area contributed by atoms with Crippen LogP contribution in [0.25, 0.3) is 10.8 Å². The van der Waals surface area contributed by atoms with Crippen molar-refractivity contribution in [1.82, 2.24) is 4.98 Å². The molecule has 1 aromatic carbocycles. The molecule has 2 aliphatic carbocycles. The molecule has 2 aliphatic rings. The summed E-state index contributed by atoms with van der Waals surface area (Å²) in [5.74, 6) is -0.454. The molecule has 0 aliphatic heterocycles. The van der Waals surface area contributed by atoms with Crippen LogP contribution in [0, 0.1) is 5.41 Å². The fourth-order valence-electron chi connectivity index (χ4n) is 5.27. The molecule has 1 fully saturated rings. The lowest BCUT2D eigenvalue weighted by atomic mass is 9.59. The zero-order valence-electron chi connectivity index (χ0n) is 17.8. The van der Waals surface area contributed by atoms with Crippen molar-refractivity contribution in [1.29, 1.82) is 0 Å². The molecular formula is C24H26ClF2IN2O2. The number of hydrogen-bond donors (Lipinski definition) is 2. The predicted molar refractivity (Wildman–Crippen MR) is 133 cm³/mol. The van der Waals surface area contributed by atoms with Crippen molar-refractivity contribution < 1.29 is 13.5 Å². The van der Waals surface area contributed by atoms with Crippen molar-refractivity contribution in [3.8, 4) is 5.75 Å². The van der Waals surface area contributed by atoms with E-state index in [1.54, 1.807) is 30.5 Å². The number of pyridine rings is 1. The van der Waals surface area contributed by atoms with Crippen molar-refractivity contribution in [3.05, 3.63) is 63.6 Å². The van der Waals surface area contributed by atoms with Crippen LogP contribution in [0.3, 0.4) is 0 Å². The normalized spacial score (nSPS) is 29.4. The molecular weight excluding hydrogens is 549 g/mol. The Hall–Kier alpha value is -1.45. The zero-order valence-corrected chi connectivity index (χ0v) is 20.7. The van der Waals surface area contributed by atoms with Gasteiger partial charge in [-0.1, -0.05) is 41.1 Å². The lowest BCUT2D eigenvalue weighted by Gasteiger charge is -2.53. The monoisotopic (exact) mass is 574 g/mol. The number of rotatable bonds is 5. The van der Waals surface area contributed by atoms with E-state index in [4.69, 9.17) is 22.1 Å². The molecule has 4 nitrogen and oxygen atoms in total. The third-order valence-electron chi connectivity index (χ3n) is 7.04. The Balaban J connectivity index is 1.57. The van der Waals surface area contributed by atoms with E-state index in [1.165, 1.54) is 0 Å². The molecule has 32 heavy (non-hydrogen) atoms. The summed E-state index contributed by atoms with van der Waals surface area (Å²) in [5.41, 5.74) is 5.96. The van der Waals surface area contributed by atoms with Crippen molar-refractivity contribution in [2.75, 3.05) is 0 Å². The molecule has 2 aromatic rings. The molecule has 0 amide bonds. The smallest absolute Gasteiger partial charge is 0.255 e. The number of allylic oxidation sites excluding steroid dienone is 4. The van der Waals surface area contributed by atoms with Crippen LogP contribution in [-0.2, 0) is 0 Å². The second-order valence-electron chi connectivity index (χ2n) is 8.79. The van der Waals surface area contributed by atoms with Gasteiger partial charge >= 0.3 is 0 Å². The maximum absolute atomic E-state index is 14.3. The van der Waals surface area contributed by atoms with Gasteiger partial charge in [-0.2, -0.15) is 0 Å². The molecule has 0 saturated heterocycles. The van der Waals surface area contributed by atoms with Gasteiger partial charge in [0.2, 0.25) is 0 Å². The Morgan fingerprint density at radius 1 is 1.28 bits per heavy atom. The van der Waals surface area contributed by atoms with Gasteiger partial charge in [-0.25, -0.2) is 8.78 Å². The quantitative estimate of drug-likeness (QED) is 0.316. The van der Waals surface area contributed by atoms with Crippen molar-refractivity contribution >= 4 is 45.0 Å². The first-order valence-corrected chi connectivity index (χ1v) is 12.3. The number of benzene rings is 1. The molecule has 0 spiro atoms. The summed E-state index contributed by atoms with van der Waals surface area (Å²) in [6, 6.07) is 4.99. The molecule has 1 saturated carbocycles. The Kier molecular flexibility index (Phi) is 6.71. The number of hydrogen-bond acceptors (Lipinski definition) is 3.